The van der Waals surface area contributed by atoms with Crippen LogP contribution in [0.4, 0.5) is 0 Å². The first kappa shape index (κ1) is 11.9. The Morgan fingerprint density at radius 3 is 2.70 bits per heavy atom. The van der Waals surface area contributed by atoms with Crippen LogP contribution in [-0.2, 0) is 0 Å². The Balaban J connectivity index is 2.05. The maximum Gasteiger partial charge on any atom is 0.371 e. The molecule has 0 spiro atoms. The van der Waals surface area contributed by atoms with E-state index in [0.29, 0.717) is 11.0 Å². The molecule has 98 valence electrons. The molecule has 0 aliphatic rings. The van der Waals surface area contributed by atoms with Crippen LogP contribution in [0.15, 0.2) is 45.2 Å². The van der Waals surface area contributed by atoms with Crippen molar-refractivity contribution in [2.45, 2.75) is 0 Å². The summed E-state index contributed by atoms with van der Waals surface area (Å²) in [6, 6.07) is 11.5. The molecular formula is C14H7NO5. The van der Waals surface area contributed by atoms with Crippen molar-refractivity contribution in [2.24, 2.45) is 0 Å². The highest BCUT2D eigenvalue weighted by Gasteiger charge is 2.18. The smallest absolute Gasteiger partial charge is 0.371 e. The quantitative estimate of drug-likeness (QED) is 0.782. The van der Waals surface area contributed by atoms with Gasteiger partial charge < -0.3 is 18.7 Å². The lowest BCUT2D eigenvalue weighted by Gasteiger charge is -1.99. The van der Waals surface area contributed by atoms with Crippen molar-refractivity contribution in [1.29, 1.82) is 5.26 Å². The van der Waals surface area contributed by atoms with E-state index in [1.54, 1.807) is 24.3 Å². The zero-order chi connectivity index (χ0) is 14.1. The molecule has 0 bridgehead atoms. The molecule has 0 aliphatic carbocycles. The maximum atomic E-state index is 10.7. The molecule has 6 nitrogen and oxygen atoms in total. The summed E-state index contributed by atoms with van der Waals surface area (Å²) >= 11 is 0. The molecule has 0 saturated heterocycles. The van der Waals surface area contributed by atoms with Gasteiger partial charge in [0.25, 0.3) is 5.95 Å². The summed E-state index contributed by atoms with van der Waals surface area (Å²) in [5.41, 5.74) is 0.504. The van der Waals surface area contributed by atoms with Crippen molar-refractivity contribution in [1.82, 2.24) is 0 Å². The number of nitriles is 1. The van der Waals surface area contributed by atoms with Crippen molar-refractivity contribution in [3.8, 4) is 17.8 Å². The third-order valence-corrected chi connectivity index (χ3v) is 2.65. The minimum Gasteiger partial charge on any atom is -0.475 e. The molecule has 0 saturated carbocycles. The van der Waals surface area contributed by atoms with Gasteiger partial charge in [0.05, 0.1) is 5.39 Å². The van der Waals surface area contributed by atoms with Crippen LogP contribution in [-0.4, -0.2) is 11.1 Å². The predicted molar refractivity (Wildman–Crippen MR) is 66.7 cm³/mol. The first-order valence-corrected chi connectivity index (χ1v) is 5.61. The topological polar surface area (TPSA) is 96.6 Å². The largest absolute Gasteiger partial charge is 0.475 e. The van der Waals surface area contributed by atoms with Crippen molar-refractivity contribution in [3.63, 3.8) is 0 Å². The van der Waals surface area contributed by atoms with Gasteiger partial charge in [0.15, 0.2) is 5.75 Å². The van der Waals surface area contributed by atoms with Crippen LogP contribution in [0.2, 0.25) is 0 Å². The lowest BCUT2D eigenvalue weighted by molar-refractivity contribution is 0.0657. The number of furan rings is 2. The number of benzene rings is 1. The Kier molecular flexibility index (Phi) is 2.66. The van der Waals surface area contributed by atoms with Crippen molar-refractivity contribution in [3.05, 3.63) is 47.9 Å². The molecule has 6 heteroatoms. The fourth-order valence-corrected chi connectivity index (χ4v) is 1.79. The molecule has 0 unspecified atom stereocenters. The number of aromatic carboxylic acids is 1. The van der Waals surface area contributed by atoms with E-state index >= 15 is 0 Å². The molecule has 2 aromatic heterocycles. The van der Waals surface area contributed by atoms with E-state index in [4.69, 9.17) is 23.9 Å². The standard InChI is InChI=1S/C14H7NO5/c15-7-11-13(8-3-1-2-4-9(8)18-11)20-12-6-5-10(19-12)14(16)17/h1-6H,(H,16,17). The number of carboxylic acids is 1. The van der Waals surface area contributed by atoms with E-state index in [1.165, 1.54) is 12.1 Å². The second kappa shape index (κ2) is 4.48. The molecule has 0 amide bonds. The van der Waals surface area contributed by atoms with Gasteiger partial charge in [-0.1, -0.05) is 12.1 Å². The molecule has 0 radical (unpaired) electrons. The van der Waals surface area contributed by atoms with Crippen molar-refractivity contribution < 1.29 is 23.5 Å². The lowest BCUT2D eigenvalue weighted by atomic mass is 10.2. The Morgan fingerprint density at radius 1 is 1.20 bits per heavy atom. The zero-order valence-corrected chi connectivity index (χ0v) is 9.99. The molecule has 2 heterocycles. The monoisotopic (exact) mass is 269 g/mol. The number of carboxylic acid groups (broad SMARTS) is 1. The Bertz CT molecular complexity index is 837. The van der Waals surface area contributed by atoms with Gasteiger partial charge in [-0.25, -0.2) is 4.79 Å². The molecule has 3 rings (SSSR count). The highest BCUT2D eigenvalue weighted by atomic mass is 16.6. The minimum atomic E-state index is -1.20. The Morgan fingerprint density at radius 2 is 2.00 bits per heavy atom. The first-order valence-electron chi connectivity index (χ1n) is 5.61. The van der Waals surface area contributed by atoms with Crippen molar-refractivity contribution in [2.75, 3.05) is 0 Å². The van der Waals surface area contributed by atoms with Gasteiger partial charge in [-0.05, 0) is 18.2 Å². The summed E-state index contributed by atoms with van der Waals surface area (Å²) in [5, 5.41) is 18.4. The first-order chi connectivity index (χ1) is 9.69. The lowest BCUT2D eigenvalue weighted by Crippen LogP contribution is -1.91. The number of para-hydroxylation sites is 1. The van der Waals surface area contributed by atoms with Crippen LogP contribution < -0.4 is 4.74 Å². The van der Waals surface area contributed by atoms with Crippen LogP contribution >= 0.6 is 0 Å². The average Bonchev–Trinajstić information content (AvgIpc) is 3.04. The summed E-state index contributed by atoms with van der Waals surface area (Å²) < 4.78 is 15.8. The van der Waals surface area contributed by atoms with Gasteiger partial charge >= 0.3 is 5.97 Å². The molecule has 1 aromatic carbocycles. The summed E-state index contributed by atoms with van der Waals surface area (Å²) in [4.78, 5) is 10.7. The Hall–Kier alpha value is -3.20. The summed E-state index contributed by atoms with van der Waals surface area (Å²) in [6.07, 6.45) is 0. The zero-order valence-electron chi connectivity index (χ0n) is 9.99. The van der Waals surface area contributed by atoms with E-state index in [0.717, 1.165) is 0 Å². The minimum absolute atomic E-state index is 0.000486. The number of rotatable bonds is 3. The predicted octanol–water partition coefficient (Wildman–Crippen LogP) is 3.39. The van der Waals surface area contributed by atoms with E-state index in [9.17, 15) is 4.79 Å². The number of nitrogens with zero attached hydrogens (tertiary/aromatic N) is 1. The molecule has 0 fully saturated rings. The molecule has 0 atom stereocenters. The van der Waals surface area contributed by atoms with E-state index < -0.39 is 5.97 Å². The third kappa shape index (κ3) is 1.87. The second-order valence-corrected chi connectivity index (χ2v) is 3.89. The van der Waals surface area contributed by atoms with Crippen LogP contribution in [0.1, 0.15) is 16.3 Å². The van der Waals surface area contributed by atoms with Gasteiger partial charge in [0, 0.05) is 6.07 Å². The van der Waals surface area contributed by atoms with Gasteiger partial charge in [0.2, 0.25) is 11.5 Å². The number of ether oxygens (including phenoxy) is 1. The van der Waals surface area contributed by atoms with Crippen LogP contribution in [0, 0.1) is 11.3 Å². The fourth-order valence-electron chi connectivity index (χ4n) is 1.79. The van der Waals surface area contributed by atoms with Gasteiger partial charge in [-0.2, -0.15) is 5.26 Å². The van der Waals surface area contributed by atoms with Crippen molar-refractivity contribution >= 4 is 16.9 Å². The number of fused-ring (bicyclic) bond motifs is 1. The maximum absolute atomic E-state index is 10.7. The average molecular weight is 269 g/mol. The molecular weight excluding hydrogens is 262 g/mol. The Labute approximate surface area is 112 Å². The summed E-state index contributed by atoms with van der Waals surface area (Å²) in [7, 11) is 0. The summed E-state index contributed by atoms with van der Waals surface area (Å²) in [5.74, 6) is -1.26. The normalized spacial score (nSPS) is 10.3. The number of hydrogen-bond donors (Lipinski definition) is 1. The van der Waals surface area contributed by atoms with Gasteiger partial charge in [-0.3, -0.25) is 0 Å². The van der Waals surface area contributed by atoms with E-state index in [2.05, 4.69) is 0 Å². The van der Waals surface area contributed by atoms with Crippen LogP contribution in [0.5, 0.6) is 11.7 Å². The van der Waals surface area contributed by atoms with Gasteiger partial charge in [-0.15, -0.1) is 0 Å². The summed E-state index contributed by atoms with van der Waals surface area (Å²) in [6.45, 7) is 0. The fraction of sp³-hybridized carbons (Fsp3) is 0. The van der Waals surface area contributed by atoms with Crippen LogP contribution in [0.3, 0.4) is 0 Å². The highest BCUT2D eigenvalue weighted by molar-refractivity contribution is 5.87. The molecule has 0 aliphatic heterocycles. The highest BCUT2D eigenvalue weighted by Crippen LogP contribution is 2.36. The number of carbonyl (C=O) groups is 1. The third-order valence-electron chi connectivity index (χ3n) is 2.65. The SMILES string of the molecule is N#Cc1oc2ccccc2c1Oc1ccc(C(=O)O)o1. The molecule has 3 aromatic rings. The van der Waals surface area contributed by atoms with Gasteiger partial charge in [0.1, 0.15) is 11.7 Å². The van der Waals surface area contributed by atoms with Crippen LogP contribution in [0.25, 0.3) is 11.0 Å². The van der Waals surface area contributed by atoms with E-state index in [-0.39, 0.29) is 23.2 Å². The molecule has 1 N–H and O–H groups in total. The second-order valence-electron chi connectivity index (χ2n) is 3.89. The molecule has 20 heavy (non-hydrogen) atoms. The van der Waals surface area contributed by atoms with E-state index in [1.807, 2.05) is 6.07 Å². The number of hydrogen-bond acceptors (Lipinski definition) is 5.